The van der Waals surface area contributed by atoms with Crippen molar-refractivity contribution in [1.82, 2.24) is 0 Å². The minimum atomic E-state index is -1.12. The van der Waals surface area contributed by atoms with E-state index in [1.165, 1.54) is 12.1 Å². The van der Waals surface area contributed by atoms with E-state index in [0.717, 1.165) is 18.9 Å². The van der Waals surface area contributed by atoms with Gasteiger partial charge in [0.1, 0.15) is 5.82 Å². The number of anilines is 1. The molecule has 0 atom stereocenters. The third kappa shape index (κ3) is 2.94. The number of rotatable bonds is 3. The van der Waals surface area contributed by atoms with Crippen LogP contribution in [0.4, 0.5) is 10.1 Å². The second-order valence-corrected chi connectivity index (χ2v) is 4.03. The van der Waals surface area contributed by atoms with Crippen molar-refractivity contribution in [2.45, 2.75) is 18.9 Å². The molecule has 0 radical (unpaired) electrons. The Balaban J connectivity index is 2.08. The molecule has 1 fully saturated rings. The Bertz CT molecular complexity index is 416. The van der Waals surface area contributed by atoms with Crippen LogP contribution in [-0.2, 0) is 4.74 Å². The maximum Gasteiger partial charge on any atom is 0.335 e. The molecule has 0 saturated carbocycles. The number of aromatic carboxylic acids is 1. The first-order valence-corrected chi connectivity index (χ1v) is 5.54. The summed E-state index contributed by atoms with van der Waals surface area (Å²) in [5.41, 5.74) is 0.307. The van der Waals surface area contributed by atoms with E-state index in [1.54, 1.807) is 0 Å². The van der Waals surface area contributed by atoms with Gasteiger partial charge in [-0.3, -0.25) is 0 Å². The molecule has 0 unspecified atom stereocenters. The highest BCUT2D eigenvalue weighted by molar-refractivity contribution is 5.88. The van der Waals surface area contributed by atoms with E-state index in [0.29, 0.717) is 18.9 Å². The minimum absolute atomic E-state index is 0.0416. The number of carboxylic acids is 1. The van der Waals surface area contributed by atoms with Gasteiger partial charge in [-0.05, 0) is 31.0 Å². The molecule has 0 aliphatic carbocycles. The SMILES string of the molecule is O=C(O)c1ccc(NC2CCOCC2)c(F)c1. The van der Waals surface area contributed by atoms with Gasteiger partial charge in [0, 0.05) is 19.3 Å². The molecule has 0 spiro atoms. The van der Waals surface area contributed by atoms with Crippen LogP contribution in [0.1, 0.15) is 23.2 Å². The monoisotopic (exact) mass is 239 g/mol. The molecule has 1 heterocycles. The average molecular weight is 239 g/mol. The van der Waals surface area contributed by atoms with E-state index >= 15 is 0 Å². The lowest BCUT2D eigenvalue weighted by molar-refractivity contribution is 0.0696. The number of benzene rings is 1. The predicted molar refractivity (Wildman–Crippen MR) is 60.8 cm³/mol. The molecule has 0 amide bonds. The summed E-state index contributed by atoms with van der Waals surface area (Å²) in [5, 5.41) is 11.8. The lowest BCUT2D eigenvalue weighted by Gasteiger charge is -2.24. The number of carbonyl (C=O) groups is 1. The lowest BCUT2D eigenvalue weighted by atomic mass is 10.1. The van der Waals surface area contributed by atoms with E-state index in [-0.39, 0.29) is 11.6 Å². The second-order valence-electron chi connectivity index (χ2n) is 4.03. The van der Waals surface area contributed by atoms with Crippen molar-refractivity contribution in [3.05, 3.63) is 29.6 Å². The summed E-state index contributed by atoms with van der Waals surface area (Å²) in [6.45, 7) is 1.35. The number of hydrogen-bond donors (Lipinski definition) is 2. The number of nitrogens with one attached hydrogen (secondary N) is 1. The smallest absolute Gasteiger partial charge is 0.335 e. The number of halogens is 1. The van der Waals surface area contributed by atoms with Crippen LogP contribution >= 0.6 is 0 Å². The molecular weight excluding hydrogens is 225 g/mol. The Hall–Kier alpha value is -1.62. The van der Waals surface area contributed by atoms with Crippen LogP contribution in [0, 0.1) is 5.82 Å². The standard InChI is InChI=1S/C12H14FNO3/c13-10-7-8(12(15)16)1-2-11(10)14-9-3-5-17-6-4-9/h1-2,7,9,14H,3-6H2,(H,15,16). The number of hydrogen-bond acceptors (Lipinski definition) is 3. The van der Waals surface area contributed by atoms with Crippen LogP contribution in [0.3, 0.4) is 0 Å². The van der Waals surface area contributed by atoms with Crippen LogP contribution in [0.25, 0.3) is 0 Å². The molecule has 2 rings (SSSR count). The van der Waals surface area contributed by atoms with Gasteiger partial charge < -0.3 is 15.2 Å². The zero-order valence-corrected chi connectivity index (χ0v) is 9.28. The Morgan fingerprint density at radius 2 is 2.12 bits per heavy atom. The van der Waals surface area contributed by atoms with Gasteiger partial charge in [0.2, 0.25) is 0 Å². The van der Waals surface area contributed by atoms with Gasteiger partial charge >= 0.3 is 5.97 Å². The second kappa shape index (κ2) is 5.14. The zero-order valence-electron chi connectivity index (χ0n) is 9.28. The summed E-state index contributed by atoms with van der Waals surface area (Å²) >= 11 is 0. The quantitative estimate of drug-likeness (QED) is 0.848. The van der Waals surface area contributed by atoms with Crippen molar-refractivity contribution in [2.24, 2.45) is 0 Å². The summed E-state index contributed by atoms with van der Waals surface area (Å²) in [5.74, 6) is -1.65. The van der Waals surface area contributed by atoms with Gasteiger partial charge in [0.25, 0.3) is 0 Å². The number of carboxylic acid groups (broad SMARTS) is 1. The Kier molecular flexibility index (Phi) is 3.58. The predicted octanol–water partition coefficient (Wildman–Crippen LogP) is 2.11. The molecule has 5 heteroatoms. The fourth-order valence-electron chi connectivity index (χ4n) is 1.83. The van der Waals surface area contributed by atoms with E-state index in [2.05, 4.69) is 5.32 Å². The van der Waals surface area contributed by atoms with Gasteiger partial charge in [-0.2, -0.15) is 0 Å². The Labute approximate surface area is 98.4 Å². The zero-order chi connectivity index (χ0) is 12.3. The van der Waals surface area contributed by atoms with Crippen molar-refractivity contribution in [3.8, 4) is 0 Å². The van der Waals surface area contributed by atoms with Crippen molar-refractivity contribution < 1.29 is 19.0 Å². The van der Waals surface area contributed by atoms with Gasteiger partial charge in [-0.15, -0.1) is 0 Å². The molecule has 0 bridgehead atoms. The van der Waals surface area contributed by atoms with Crippen molar-refractivity contribution in [2.75, 3.05) is 18.5 Å². The molecule has 1 saturated heterocycles. The normalized spacial score (nSPS) is 16.8. The highest BCUT2D eigenvalue weighted by Crippen LogP contribution is 2.19. The fraction of sp³-hybridized carbons (Fsp3) is 0.417. The topological polar surface area (TPSA) is 58.6 Å². The van der Waals surface area contributed by atoms with Gasteiger partial charge in [0.15, 0.2) is 0 Å². The van der Waals surface area contributed by atoms with Crippen LogP contribution in [0.15, 0.2) is 18.2 Å². The van der Waals surface area contributed by atoms with Gasteiger partial charge in [-0.1, -0.05) is 0 Å². The molecule has 2 N–H and O–H groups in total. The molecule has 92 valence electrons. The molecule has 1 aliphatic heterocycles. The van der Waals surface area contributed by atoms with Crippen LogP contribution in [-0.4, -0.2) is 30.3 Å². The average Bonchev–Trinajstić information content (AvgIpc) is 2.33. The van der Waals surface area contributed by atoms with E-state index < -0.39 is 11.8 Å². The summed E-state index contributed by atoms with van der Waals surface area (Å²) in [7, 11) is 0. The molecule has 0 aromatic heterocycles. The van der Waals surface area contributed by atoms with Crippen LogP contribution < -0.4 is 5.32 Å². The highest BCUT2D eigenvalue weighted by atomic mass is 19.1. The molecular formula is C12H14FNO3. The molecule has 1 aromatic rings. The maximum atomic E-state index is 13.6. The Morgan fingerprint density at radius 3 is 2.71 bits per heavy atom. The largest absolute Gasteiger partial charge is 0.478 e. The number of ether oxygens (including phenoxy) is 1. The van der Waals surface area contributed by atoms with E-state index in [4.69, 9.17) is 9.84 Å². The summed E-state index contributed by atoms with van der Waals surface area (Å²) in [6.07, 6.45) is 1.67. The highest BCUT2D eigenvalue weighted by Gasteiger charge is 2.15. The lowest BCUT2D eigenvalue weighted by Crippen LogP contribution is -2.28. The Morgan fingerprint density at radius 1 is 1.41 bits per heavy atom. The summed E-state index contributed by atoms with van der Waals surface area (Å²) in [4.78, 5) is 10.7. The summed E-state index contributed by atoms with van der Waals surface area (Å²) in [6, 6.07) is 4.08. The fourth-order valence-corrected chi connectivity index (χ4v) is 1.83. The summed E-state index contributed by atoms with van der Waals surface area (Å²) < 4.78 is 18.8. The van der Waals surface area contributed by atoms with E-state index in [9.17, 15) is 9.18 Å². The third-order valence-corrected chi connectivity index (χ3v) is 2.80. The van der Waals surface area contributed by atoms with Crippen LogP contribution in [0.5, 0.6) is 0 Å². The van der Waals surface area contributed by atoms with Gasteiger partial charge in [-0.25, -0.2) is 9.18 Å². The first kappa shape index (κ1) is 11.9. The first-order valence-electron chi connectivity index (χ1n) is 5.54. The third-order valence-electron chi connectivity index (χ3n) is 2.80. The maximum absolute atomic E-state index is 13.6. The molecule has 17 heavy (non-hydrogen) atoms. The molecule has 1 aliphatic rings. The minimum Gasteiger partial charge on any atom is -0.478 e. The molecule has 4 nitrogen and oxygen atoms in total. The van der Waals surface area contributed by atoms with Crippen molar-refractivity contribution >= 4 is 11.7 Å². The van der Waals surface area contributed by atoms with E-state index in [1.807, 2.05) is 0 Å². The first-order chi connectivity index (χ1) is 8.16. The van der Waals surface area contributed by atoms with Crippen LogP contribution in [0.2, 0.25) is 0 Å². The molecule has 1 aromatic carbocycles. The van der Waals surface area contributed by atoms with Crippen molar-refractivity contribution in [3.63, 3.8) is 0 Å². The van der Waals surface area contributed by atoms with Gasteiger partial charge in [0.05, 0.1) is 11.3 Å². The van der Waals surface area contributed by atoms with Crippen molar-refractivity contribution in [1.29, 1.82) is 0 Å².